The molecule has 1 aliphatic rings. The number of fused-ring (bicyclic) bond motifs is 1. The SMILES string of the molecule is COC1(C)CCN(c2c(C=O)cnc3ccc(F)cc23)CC1. The third-order valence-corrected chi connectivity index (χ3v) is 4.59. The van der Waals surface area contributed by atoms with Crippen LogP contribution in [0.1, 0.15) is 30.1 Å². The second-order valence-electron chi connectivity index (χ2n) is 5.98. The molecule has 0 spiro atoms. The van der Waals surface area contributed by atoms with Crippen LogP contribution >= 0.6 is 0 Å². The van der Waals surface area contributed by atoms with Crippen LogP contribution in [0, 0.1) is 5.82 Å². The lowest BCUT2D eigenvalue weighted by molar-refractivity contribution is -0.0132. The van der Waals surface area contributed by atoms with E-state index >= 15 is 0 Å². The Morgan fingerprint density at radius 2 is 2.09 bits per heavy atom. The Kier molecular flexibility index (Phi) is 3.83. The van der Waals surface area contributed by atoms with Crippen LogP contribution < -0.4 is 4.90 Å². The zero-order valence-corrected chi connectivity index (χ0v) is 12.8. The Hall–Kier alpha value is -2.01. The normalized spacial score (nSPS) is 17.7. The molecule has 2 aromatic rings. The van der Waals surface area contributed by atoms with E-state index in [2.05, 4.69) is 16.8 Å². The van der Waals surface area contributed by atoms with Crippen molar-refractivity contribution in [2.24, 2.45) is 0 Å². The standard InChI is InChI=1S/C17H19FN2O2/c1-17(22-2)5-7-20(8-6-17)16-12(11-21)10-19-15-4-3-13(18)9-14(15)16/h3-4,9-11H,5-8H2,1-2H3. The number of ether oxygens (including phenoxy) is 1. The molecule has 0 radical (unpaired) electrons. The number of anilines is 1. The molecule has 22 heavy (non-hydrogen) atoms. The Bertz CT molecular complexity index is 709. The van der Waals surface area contributed by atoms with Gasteiger partial charge in [0.1, 0.15) is 5.82 Å². The van der Waals surface area contributed by atoms with Gasteiger partial charge in [0.25, 0.3) is 0 Å². The molecule has 0 unspecified atom stereocenters. The maximum Gasteiger partial charge on any atom is 0.153 e. The molecule has 0 amide bonds. The summed E-state index contributed by atoms with van der Waals surface area (Å²) in [4.78, 5) is 17.8. The first kappa shape index (κ1) is 14.9. The first-order chi connectivity index (χ1) is 10.6. The lowest BCUT2D eigenvalue weighted by Crippen LogP contribution is -2.44. The van der Waals surface area contributed by atoms with Gasteiger partial charge in [0.05, 0.1) is 22.4 Å². The summed E-state index contributed by atoms with van der Waals surface area (Å²) in [6.07, 6.45) is 4.07. The molecule has 1 aromatic heterocycles. The van der Waals surface area contributed by atoms with Crippen LogP contribution in [0.15, 0.2) is 24.4 Å². The van der Waals surface area contributed by atoms with Crippen molar-refractivity contribution in [3.05, 3.63) is 35.8 Å². The summed E-state index contributed by atoms with van der Waals surface area (Å²) in [5, 5.41) is 0.686. The Labute approximate surface area is 128 Å². The number of pyridine rings is 1. The molecule has 0 atom stereocenters. The third kappa shape index (κ3) is 2.57. The average Bonchev–Trinajstić information content (AvgIpc) is 2.54. The number of hydrogen-bond acceptors (Lipinski definition) is 4. The topological polar surface area (TPSA) is 42.4 Å². The van der Waals surface area contributed by atoms with Gasteiger partial charge in [-0.25, -0.2) is 4.39 Å². The lowest BCUT2D eigenvalue weighted by atomic mass is 9.92. The van der Waals surface area contributed by atoms with Gasteiger partial charge >= 0.3 is 0 Å². The molecule has 1 aromatic carbocycles. The Balaban J connectivity index is 2.06. The number of methoxy groups -OCH3 is 1. The van der Waals surface area contributed by atoms with E-state index in [0.717, 1.165) is 37.9 Å². The fourth-order valence-electron chi connectivity index (χ4n) is 3.01. The second kappa shape index (κ2) is 5.65. The van der Waals surface area contributed by atoms with E-state index in [4.69, 9.17) is 4.74 Å². The molecule has 4 nitrogen and oxygen atoms in total. The van der Waals surface area contributed by atoms with E-state index in [9.17, 15) is 9.18 Å². The zero-order chi connectivity index (χ0) is 15.7. The molecule has 1 fully saturated rings. The predicted molar refractivity (Wildman–Crippen MR) is 83.9 cm³/mol. The molecular formula is C17H19FN2O2. The van der Waals surface area contributed by atoms with Gasteiger partial charge < -0.3 is 9.64 Å². The van der Waals surface area contributed by atoms with E-state index in [0.29, 0.717) is 16.5 Å². The summed E-state index contributed by atoms with van der Waals surface area (Å²) in [6, 6.07) is 4.48. The second-order valence-corrected chi connectivity index (χ2v) is 5.98. The molecule has 2 heterocycles. The van der Waals surface area contributed by atoms with Crippen molar-refractivity contribution in [1.82, 2.24) is 4.98 Å². The highest BCUT2D eigenvalue weighted by Crippen LogP contribution is 2.34. The summed E-state index contributed by atoms with van der Waals surface area (Å²) in [5.74, 6) is -0.322. The minimum Gasteiger partial charge on any atom is -0.378 e. The fourth-order valence-corrected chi connectivity index (χ4v) is 3.01. The Morgan fingerprint density at radius 3 is 2.73 bits per heavy atom. The summed E-state index contributed by atoms with van der Waals surface area (Å²) in [6.45, 7) is 3.62. The summed E-state index contributed by atoms with van der Waals surface area (Å²) in [5.41, 5.74) is 1.84. The van der Waals surface area contributed by atoms with E-state index < -0.39 is 0 Å². The number of benzene rings is 1. The van der Waals surface area contributed by atoms with Crippen LogP contribution in [0.25, 0.3) is 10.9 Å². The average molecular weight is 302 g/mol. The number of rotatable bonds is 3. The van der Waals surface area contributed by atoms with Gasteiger partial charge in [0.2, 0.25) is 0 Å². The minimum atomic E-state index is -0.322. The Morgan fingerprint density at radius 1 is 1.36 bits per heavy atom. The van der Waals surface area contributed by atoms with Gasteiger partial charge in [-0.05, 0) is 38.0 Å². The van der Waals surface area contributed by atoms with Gasteiger partial charge in [0, 0.05) is 31.8 Å². The van der Waals surface area contributed by atoms with E-state index in [1.807, 2.05) is 0 Å². The van der Waals surface area contributed by atoms with Crippen LogP contribution in [0.2, 0.25) is 0 Å². The maximum atomic E-state index is 13.6. The number of hydrogen-bond donors (Lipinski definition) is 0. The molecule has 1 aliphatic heterocycles. The number of carbonyl (C=O) groups is 1. The molecule has 3 rings (SSSR count). The van der Waals surface area contributed by atoms with Crippen molar-refractivity contribution in [2.75, 3.05) is 25.1 Å². The summed E-state index contributed by atoms with van der Waals surface area (Å²) >= 11 is 0. The third-order valence-electron chi connectivity index (χ3n) is 4.59. The van der Waals surface area contributed by atoms with Crippen LogP contribution in [-0.2, 0) is 4.74 Å². The molecule has 1 saturated heterocycles. The van der Waals surface area contributed by atoms with Gasteiger partial charge in [-0.3, -0.25) is 9.78 Å². The molecule has 116 valence electrons. The molecular weight excluding hydrogens is 283 g/mol. The monoisotopic (exact) mass is 302 g/mol. The van der Waals surface area contributed by atoms with Crippen LogP contribution in [0.3, 0.4) is 0 Å². The predicted octanol–water partition coefficient (Wildman–Crippen LogP) is 3.19. The molecule has 0 N–H and O–H groups in total. The van der Waals surface area contributed by atoms with Crippen molar-refractivity contribution in [2.45, 2.75) is 25.4 Å². The zero-order valence-electron chi connectivity index (χ0n) is 12.8. The number of halogens is 1. The van der Waals surface area contributed by atoms with Crippen molar-refractivity contribution < 1.29 is 13.9 Å². The fraction of sp³-hybridized carbons (Fsp3) is 0.412. The quantitative estimate of drug-likeness (QED) is 0.817. The van der Waals surface area contributed by atoms with E-state index in [1.54, 1.807) is 19.4 Å². The molecule has 0 bridgehead atoms. The first-order valence-electron chi connectivity index (χ1n) is 7.40. The van der Waals surface area contributed by atoms with Gasteiger partial charge in [-0.1, -0.05) is 0 Å². The van der Waals surface area contributed by atoms with Crippen LogP contribution in [0.4, 0.5) is 10.1 Å². The van der Waals surface area contributed by atoms with Gasteiger partial charge in [0.15, 0.2) is 6.29 Å². The number of carbonyl (C=O) groups excluding carboxylic acids is 1. The van der Waals surface area contributed by atoms with Crippen molar-refractivity contribution in [1.29, 1.82) is 0 Å². The van der Waals surface area contributed by atoms with Gasteiger partial charge in [-0.15, -0.1) is 0 Å². The smallest absolute Gasteiger partial charge is 0.153 e. The van der Waals surface area contributed by atoms with Crippen molar-refractivity contribution in [3.8, 4) is 0 Å². The number of piperidine rings is 1. The largest absolute Gasteiger partial charge is 0.378 e. The highest BCUT2D eigenvalue weighted by atomic mass is 19.1. The molecule has 0 aliphatic carbocycles. The maximum absolute atomic E-state index is 13.6. The molecule has 5 heteroatoms. The summed E-state index contributed by atoms with van der Waals surface area (Å²) < 4.78 is 19.2. The van der Waals surface area contributed by atoms with Crippen molar-refractivity contribution >= 4 is 22.9 Å². The van der Waals surface area contributed by atoms with Crippen LogP contribution in [0.5, 0.6) is 0 Å². The first-order valence-corrected chi connectivity index (χ1v) is 7.40. The number of nitrogens with zero attached hydrogens (tertiary/aromatic N) is 2. The minimum absolute atomic E-state index is 0.133. The number of aldehydes is 1. The highest BCUT2D eigenvalue weighted by molar-refractivity contribution is 6.00. The van der Waals surface area contributed by atoms with E-state index in [1.165, 1.54) is 12.1 Å². The summed E-state index contributed by atoms with van der Waals surface area (Å²) in [7, 11) is 1.73. The molecule has 0 saturated carbocycles. The van der Waals surface area contributed by atoms with Gasteiger partial charge in [-0.2, -0.15) is 0 Å². The van der Waals surface area contributed by atoms with Crippen LogP contribution in [-0.4, -0.2) is 37.1 Å². The van der Waals surface area contributed by atoms with E-state index in [-0.39, 0.29) is 11.4 Å². The van der Waals surface area contributed by atoms with Crippen molar-refractivity contribution in [3.63, 3.8) is 0 Å². The lowest BCUT2D eigenvalue weighted by Gasteiger charge is -2.40. The number of aromatic nitrogens is 1. The highest BCUT2D eigenvalue weighted by Gasteiger charge is 2.31.